The van der Waals surface area contributed by atoms with Crippen LogP contribution in [0.4, 0.5) is 4.79 Å². The van der Waals surface area contributed by atoms with Gasteiger partial charge in [-0.25, -0.2) is 14.8 Å². The molecule has 2 heterocycles. The molecular formula is C20H23N4O5S-. The van der Waals surface area contributed by atoms with E-state index >= 15 is 0 Å². The van der Waals surface area contributed by atoms with Crippen molar-refractivity contribution in [3.63, 3.8) is 0 Å². The zero-order valence-electron chi connectivity index (χ0n) is 16.6. The predicted molar refractivity (Wildman–Crippen MR) is 108 cm³/mol. The Bertz CT molecular complexity index is 917. The van der Waals surface area contributed by atoms with E-state index in [2.05, 4.69) is 15.3 Å². The second-order valence-electron chi connectivity index (χ2n) is 7.01. The van der Waals surface area contributed by atoms with Crippen LogP contribution < -0.4 is 5.32 Å². The highest BCUT2D eigenvalue weighted by molar-refractivity contribution is 7.78. The van der Waals surface area contributed by atoms with Crippen molar-refractivity contribution in [3.05, 3.63) is 59.2 Å². The average molecular weight is 431 g/mol. The molecule has 1 fully saturated rings. The molecule has 1 aromatic heterocycles. The number of benzene rings is 1. The van der Waals surface area contributed by atoms with Gasteiger partial charge in [-0.3, -0.25) is 9.00 Å². The first-order valence-electron chi connectivity index (χ1n) is 9.57. The molecule has 1 aliphatic heterocycles. The minimum Gasteiger partial charge on any atom is -0.772 e. The summed E-state index contributed by atoms with van der Waals surface area (Å²) in [5.41, 5.74) is 1.66. The normalized spacial score (nSPS) is 15.5. The number of nitrogens with zero attached hydrogens (tertiary/aromatic N) is 3. The van der Waals surface area contributed by atoms with Crippen LogP contribution >= 0.6 is 0 Å². The van der Waals surface area contributed by atoms with Crippen LogP contribution in [0.5, 0.6) is 0 Å². The molecule has 0 radical (unpaired) electrons. The molecule has 2 amide bonds. The largest absolute Gasteiger partial charge is 0.772 e. The van der Waals surface area contributed by atoms with Gasteiger partial charge in [0.15, 0.2) is 0 Å². The minimum absolute atomic E-state index is 0.0797. The van der Waals surface area contributed by atoms with Crippen LogP contribution in [0.1, 0.15) is 40.3 Å². The summed E-state index contributed by atoms with van der Waals surface area (Å²) in [6, 6.07) is 9.40. The zero-order valence-corrected chi connectivity index (χ0v) is 17.4. The molecule has 1 N–H and O–H groups in total. The van der Waals surface area contributed by atoms with Crippen LogP contribution in [0, 0.1) is 6.92 Å². The van der Waals surface area contributed by atoms with Crippen molar-refractivity contribution in [1.82, 2.24) is 20.2 Å². The van der Waals surface area contributed by atoms with Crippen molar-refractivity contribution >= 4 is 23.1 Å². The zero-order chi connectivity index (χ0) is 21.5. The maximum absolute atomic E-state index is 12.5. The maximum atomic E-state index is 12.5. The van der Waals surface area contributed by atoms with E-state index in [0.29, 0.717) is 37.2 Å². The highest BCUT2D eigenvalue weighted by Gasteiger charge is 2.25. The molecule has 2 aromatic rings. The standard InChI is InChI=1S/C20H24N4O5S/c1-14-17(11-21-18(22-14)13-30(27)28)19(25)23-16-7-9-24(10-8-16)20(26)29-12-15-5-3-2-4-6-15/h2-6,11,16H,7-10,12-13H2,1H3,(H,23,25)(H,27,28)/p-1. The number of hydrogen-bond donors (Lipinski definition) is 1. The van der Waals surface area contributed by atoms with E-state index in [4.69, 9.17) is 4.74 Å². The molecule has 9 nitrogen and oxygen atoms in total. The van der Waals surface area contributed by atoms with Gasteiger partial charge in [-0.05, 0) is 36.4 Å². The van der Waals surface area contributed by atoms with E-state index in [-0.39, 0.29) is 36.2 Å². The Labute approximate surface area is 177 Å². The lowest BCUT2D eigenvalue weighted by Gasteiger charge is -2.31. The van der Waals surface area contributed by atoms with Crippen molar-refractivity contribution in [3.8, 4) is 0 Å². The Hall–Kier alpha value is -2.85. The number of ether oxygens (including phenoxy) is 1. The topological polar surface area (TPSA) is 125 Å². The van der Waals surface area contributed by atoms with Crippen LogP contribution in [-0.2, 0) is 28.2 Å². The van der Waals surface area contributed by atoms with E-state index in [1.807, 2.05) is 30.3 Å². The maximum Gasteiger partial charge on any atom is 0.410 e. The monoisotopic (exact) mass is 431 g/mol. The van der Waals surface area contributed by atoms with Crippen LogP contribution in [0.15, 0.2) is 36.5 Å². The summed E-state index contributed by atoms with van der Waals surface area (Å²) < 4.78 is 26.9. The van der Waals surface area contributed by atoms with Crippen molar-refractivity contribution in [2.45, 2.75) is 38.2 Å². The molecular weight excluding hydrogens is 408 g/mol. The van der Waals surface area contributed by atoms with Gasteiger partial charge < -0.3 is 19.5 Å². The van der Waals surface area contributed by atoms with Gasteiger partial charge in [-0.15, -0.1) is 0 Å². The molecule has 0 saturated carbocycles. The molecule has 1 unspecified atom stereocenters. The van der Waals surface area contributed by atoms with Gasteiger partial charge in [0.25, 0.3) is 5.91 Å². The summed E-state index contributed by atoms with van der Waals surface area (Å²) >= 11 is -2.29. The van der Waals surface area contributed by atoms with E-state index in [1.54, 1.807) is 11.8 Å². The van der Waals surface area contributed by atoms with Gasteiger partial charge in [0, 0.05) is 25.3 Å². The third-order valence-corrected chi connectivity index (χ3v) is 5.31. The Kier molecular flexibility index (Phi) is 7.47. The van der Waals surface area contributed by atoms with Gasteiger partial charge in [-0.1, -0.05) is 30.3 Å². The fraction of sp³-hybridized carbons (Fsp3) is 0.400. The number of nitrogens with one attached hydrogen (secondary N) is 1. The van der Waals surface area contributed by atoms with Gasteiger partial charge in [-0.2, -0.15) is 0 Å². The molecule has 1 aliphatic rings. The lowest BCUT2D eigenvalue weighted by Crippen LogP contribution is -2.46. The smallest absolute Gasteiger partial charge is 0.410 e. The number of likely N-dealkylation sites (tertiary alicyclic amines) is 1. The average Bonchev–Trinajstić information content (AvgIpc) is 2.73. The third kappa shape index (κ3) is 6.07. The SMILES string of the molecule is Cc1nc(CS(=O)[O-])ncc1C(=O)NC1CCN(C(=O)OCc2ccccc2)CC1. The van der Waals surface area contributed by atoms with Crippen LogP contribution in [-0.4, -0.2) is 54.8 Å². The van der Waals surface area contributed by atoms with Crippen LogP contribution in [0.2, 0.25) is 0 Å². The molecule has 30 heavy (non-hydrogen) atoms. The summed E-state index contributed by atoms with van der Waals surface area (Å²) in [6.07, 6.45) is 2.20. The summed E-state index contributed by atoms with van der Waals surface area (Å²) in [5.74, 6) is -0.450. The Morgan fingerprint density at radius 2 is 1.97 bits per heavy atom. The number of rotatable bonds is 6. The predicted octanol–water partition coefficient (Wildman–Crippen LogP) is 1.70. The summed E-state index contributed by atoms with van der Waals surface area (Å²) in [6.45, 7) is 2.84. The Morgan fingerprint density at radius 3 is 2.60 bits per heavy atom. The number of piperidine rings is 1. The first kappa shape index (κ1) is 21.8. The van der Waals surface area contributed by atoms with Crippen molar-refractivity contribution in [1.29, 1.82) is 0 Å². The van der Waals surface area contributed by atoms with Gasteiger partial charge in [0.1, 0.15) is 12.4 Å². The highest BCUT2D eigenvalue weighted by Crippen LogP contribution is 2.14. The molecule has 10 heteroatoms. The number of aromatic nitrogens is 2. The number of amides is 2. The highest BCUT2D eigenvalue weighted by atomic mass is 32.2. The number of aryl methyl sites for hydroxylation is 1. The molecule has 1 saturated heterocycles. The molecule has 3 rings (SSSR count). The second-order valence-corrected chi connectivity index (χ2v) is 7.90. The van der Waals surface area contributed by atoms with Crippen LogP contribution in [0.3, 0.4) is 0 Å². The van der Waals surface area contributed by atoms with Gasteiger partial charge >= 0.3 is 6.09 Å². The van der Waals surface area contributed by atoms with E-state index in [0.717, 1.165) is 5.56 Å². The summed E-state index contributed by atoms with van der Waals surface area (Å²) in [4.78, 5) is 34.4. The number of hydrogen-bond acceptors (Lipinski definition) is 7. The first-order valence-corrected chi connectivity index (χ1v) is 10.8. The van der Waals surface area contributed by atoms with Crippen LogP contribution in [0.25, 0.3) is 0 Å². The summed E-state index contributed by atoms with van der Waals surface area (Å²) in [7, 11) is 0. The Balaban J connectivity index is 1.46. The summed E-state index contributed by atoms with van der Waals surface area (Å²) in [5, 5.41) is 2.93. The molecule has 0 bridgehead atoms. The number of carbonyl (C=O) groups excluding carboxylic acids is 2. The van der Waals surface area contributed by atoms with E-state index in [1.165, 1.54) is 6.20 Å². The van der Waals surface area contributed by atoms with Crippen molar-refractivity contribution < 1.29 is 23.1 Å². The molecule has 1 aromatic carbocycles. The molecule has 1 atom stereocenters. The number of carbonyl (C=O) groups is 2. The van der Waals surface area contributed by atoms with E-state index in [9.17, 15) is 18.4 Å². The fourth-order valence-corrected chi connectivity index (χ4v) is 3.54. The van der Waals surface area contributed by atoms with Gasteiger partial charge in [0.2, 0.25) is 0 Å². The van der Waals surface area contributed by atoms with Crippen molar-refractivity contribution in [2.75, 3.05) is 13.1 Å². The van der Waals surface area contributed by atoms with Gasteiger partial charge in [0.05, 0.1) is 17.0 Å². The second kappa shape index (κ2) is 10.3. The quantitative estimate of drug-likeness (QED) is 0.690. The first-order chi connectivity index (χ1) is 14.4. The molecule has 0 spiro atoms. The molecule has 0 aliphatic carbocycles. The Morgan fingerprint density at radius 1 is 1.27 bits per heavy atom. The van der Waals surface area contributed by atoms with E-state index < -0.39 is 11.1 Å². The fourth-order valence-electron chi connectivity index (χ4n) is 3.19. The lowest BCUT2D eigenvalue weighted by atomic mass is 10.0. The lowest BCUT2D eigenvalue weighted by molar-refractivity contribution is 0.0808. The minimum atomic E-state index is -2.29. The third-order valence-electron chi connectivity index (χ3n) is 4.81. The van der Waals surface area contributed by atoms with Crippen molar-refractivity contribution in [2.24, 2.45) is 0 Å². The molecule has 160 valence electrons.